The number of rotatable bonds is 5. The predicted molar refractivity (Wildman–Crippen MR) is 91.6 cm³/mol. The highest BCUT2D eigenvalue weighted by Gasteiger charge is 2.51. The van der Waals surface area contributed by atoms with Gasteiger partial charge in [-0.25, -0.2) is 0 Å². The van der Waals surface area contributed by atoms with Gasteiger partial charge < -0.3 is 19.7 Å². The van der Waals surface area contributed by atoms with Crippen LogP contribution in [0.25, 0.3) is 0 Å². The molecule has 0 amide bonds. The summed E-state index contributed by atoms with van der Waals surface area (Å²) in [5.74, 6) is 0. The maximum atomic E-state index is 13.4. The normalized spacial score (nSPS) is 23.9. The molecule has 1 heterocycles. The highest BCUT2D eigenvalue weighted by atomic mass is 31.2. The van der Waals surface area contributed by atoms with E-state index in [-0.39, 0.29) is 5.54 Å². The fraction of sp³-hybridized carbons (Fsp3) is 0.625. The average molecular weight is 326 g/mol. The lowest BCUT2D eigenvalue weighted by Gasteiger charge is -2.39. The molecule has 1 aromatic rings. The first-order valence-corrected chi connectivity index (χ1v) is 9.34. The Kier molecular flexibility index (Phi) is 4.90. The molecule has 0 radical (unpaired) electrons. The van der Waals surface area contributed by atoms with Crippen molar-refractivity contribution in [3.05, 3.63) is 24.3 Å². The average Bonchev–Trinajstić information content (AvgIpc) is 2.51. The van der Waals surface area contributed by atoms with Gasteiger partial charge in [0.25, 0.3) is 0 Å². The third kappa shape index (κ3) is 3.32. The Hall–Kier alpha value is -1.03. The number of anilines is 2. The second-order valence-corrected chi connectivity index (χ2v) is 8.96. The van der Waals surface area contributed by atoms with Gasteiger partial charge in [0.15, 0.2) is 0 Å². The highest BCUT2D eigenvalue weighted by Crippen LogP contribution is 2.63. The van der Waals surface area contributed by atoms with E-state index in [1.165, 1.54) is 0 Å². The van der Waals surface area contributed by atoms with Gasteiger partial charge in [-0.05, 0) is 46.8 Å². The Morgan fingerprint density at radius 3 is 2.05 bits per heavy atom. The van der Waals surface area contributed by atoms with Crippen LogP contribution in [0.3, 0.4) is 0 Å². The van der Waals surface area contributed by atoms with Crippen molar-refractivity contribution in [1.82, 2.24) is 0 Å². The maximum absolute atomic E-state index is 13.4. The molecule has 1 aliphatic heterocycles. The van der Waals surface area contributed by atoms with E-state index >= 15 is 0 Å². The van der Waals surface area contributed by atoms with Crippen LogP contribution in [0.2, 0.25) is 0 Å². The molecule has 1 aliphatic rings. The summed E-state index contributed by atoms with van der Waals surface area (Å²) in [5, 5.41) is 6.14. The largest absolute Gasteiger partial charge is 0.378 e. The summed E-state index contributed by atoms with van der Waals surface area (Å²) in [6.07, 6.45) is 0.603. The minimum absolute atomic E-state index is 0.252. The molecular formula is C16H27N2O3P. The van der Waals surface area contributed by atoms with Crippen molar-refractivity contribution in [3.63, 3.8) is 0 Å². The summed E-state index contributed by atoms with van der Waals surface area (Å²) in [4.78, 5) is 0. The van der Waals surface area contributed by atoms with E-state index in [2.05, 4.69) is 24.5 Å². The van der Waals surface area contributed by atoms with Gasteiger partial charge in [0.05, 0.1) is 24.6 Å². The fourth-order valence-electron chi connectivity index (χ4n) is 3.13. The second kappa shape index (κ2) is 6.23. The number of fused-ring (bicyclic) bond motifs is 1. The molecule has 5 nitrogen and oxygen atoms in total. The standard InChI is InChI=1S/C16H27N2O3P/c1-6-20-22(19,21-7-2)16(5)12-15(3,4)17-13-10-8-9-11-14(13)18-16/h8-11,17-18H,6-7,12H2,1-5H3. The van der Waals surface area contributed by atoms with Crippen molar-refractivity contribution < 1.29 is 13.6 Å². The molecule has 1 atom stereocenters. The fourth-order valence-corrected chi connectivity index (χ4v) is 5.30. The number of hydrogen-bond acceptors (Lipinski definition) is 5. The van der Waals surface area contributed by atoms with Crippen molar-refractivity contribution in [2.45, 2.75) is 51.9 Å². The maximum Gasteiger partial charge on any atom is 0.355 e. The van der Waals surface area contributed by atoms with Gasteiger partial charge in [-0.15, -0.1) is 0 Å². The van der Waals surface area contributed by atoms with Gasteiger partial charge in [0, 0.05) is 12.0 Å². The van der Waals surface area contributed by atoms with Gasteiger partial charge in [-0.3, -0.25) is 4.57 Å². The summed E-state index contributed by atoms with van der Waals surface area (Å²) < 4.78 is 24.6. The molecule has 0 fully saturated rings. The van der Waals surface area contributed by atoms with Crippen LogP contribution >= 0.6 is 7.60 Å². The molecule has 2 rings (SSSR count). The molecule has 1 unspecified atom stereocenters. The van der Waals surface area contributed by atoms with Gasteiger partial charge in [0.1, 0.15) is 5.28 Å². The van der Waals surface area contributed by atoms with Gasteiger partial charge in [-0.2, -0.15) is 0 Å². The summed E-state index contributed by atoms with van der Waals surface area (Å²) in [6, 6.07) is 7.93. The number of benzene rings is 1. The zero-order valence-corrected chi connectivity index (χ0v) is 15.0. The molecule has 0 aromatic heterocycles. The van der Waals surface area contributed by atoms with Crippen molar-refractivity contribution in [2.75, 3.05) is 23.8 Å². The summed E-state index contributed by atoms with van der Waals surface area (Å²) in [6.45, 7) is 10.5. The van der Waals surface area contributed by atoms with E-state index in [4.69, 9.17) is 9.05 Å². The first-order valence-electron chi connectivity index (χ1n) is 7.80. The number of para-hydroxylation sites is 2. The van der Waals surface area contributed by atoms with E-state index in [9.17, 15) is 4.57 Å². The lowest BCUT2D eigenvalue weighted by Crippen LogP contribution is -2.43. The number of nitrogens with one attached hydrogen (secondary N) is 2. The van der Waals surface area contributed by atoms with Crippen LogP contribution in [-0.2, 0) is 13.6 Å². The third-order valence-electron chi connectivity index (χ3n) is 3.79. The Bertz CT molecular complexity index is 566. The molecule has 0 saturated carbocycles. The topological polar surface area (TPSA) is 59.6 Å². The molecule has 6 heteroatoms. The summed E-state index contributed by atoms with van der Waals surface area (Å²) in [5.41, 5.74) is 1.66. The van der Waals surface area contributed by atoms with E-state index < -0.39 is 12.9 Å². The monoisotopic (exact) mass is 326 g/mol. The minimum Gasteiger partial charge on any atom is -0.378 e. The first-order chi connectivity index (χ1) is 10.3. The van der Waals surface area contributed by atoms with Gasteiger partial charge in [-0.1, -0.05) is 12.1 Å². The van der Waals surface area contributed by atoms with Crippen molar-refractivity contribution in [2.24, 2.45) is 0 Å². The second-order valence-electron chi connectivity index (χ2n) is 6.46. The molecule has 124 valence electrons. The molecule has 0 aliphatic carbocycles. The summed E-state index contributed by atoms with van der Waals surface area (Å²) >= 11 is 0. The lowest BCUT2D eigenvalue weighted by atomic mass is 9.96. The van der Waals surface area contributed by atoms with Crippen molar-refractivity contribution >= 4 is 19.0 Å². The predicted octanol–water partition coefficient (Wildman–Crippen LogP) is 4.68. The van der Waals surface area contributed by atoms with E-state index in [0.717, 1.165) is 11.4 Å². The minimum atomic E-state index is -3.32. The van der Waals surface area contributed by atoms with E-state index in [1.54, 1.807) is 0 Å². The molecular weight excluding hydrogens is 299 g/mol. The van der Waals surface area contributed by atoms with Crippen molar-refractivity contribution in [1.29, 1.82) is 0 Å². The van der Waals surface area contributed by atoms with Crippen LogP contribution < -0.4 is 10.6 Å². The Labute approximate surface area is 133 Å². The van der Waals surface area contributed by atoms with Crippen LogP contribution in [0.5, 0.6) is 0 Å². The molecule has 0 bridgehead atoms. The highest BCUT2D eigenvalue weighted by molar-refractivity contribution is 7.55. The number of hydrogen-bond donors (Lipinski definition) is 2. The van der Waals surface area contributed by atoms with E-state index in [0.29, 0.717) is 19.6 Å². The van der Waals surface area contributed by atoms with E-state index in [1.807, 2.05) is 45.0 Å². The molecule has 1 aromatic carbocycles. The van der Waals surface area contributed by atoms with Crippen LogP contribution in [0.15, 0.2) is 24.3 Å². The van der Waals surface area contributed by atoms with Crippen LogP contribution in [-0.4, -0.2) is 24.0 Å². The molecule has 0 spiro atoms. The first kappa shape index (κ1) is 17.3. The third-order valence-corrected chi connectivity index (χ3v) is 6.47. The Morgan fingerprint density at radius 2 is 1.55 bits per heavy atom. The molecule has 22 heavy (non-hydrogen) atoms. The molecule has 0 saturated heterocycles. The summed E-state index contributed by atoms with van der Waals surface area (Å²) in [7, 11) is -3.32. The van der Waals surface area contributed by atoms with Crippen LogP contribution in [0.4, 0.5) is 11.4 Å². The zero-order valence-electron chi connectivity index (χ0n) is 14.1. The smallest absolute Gasteiger partial charge is 0.355 e. The quantitative estimate of drug-likeness (QED) is 0.770. The Balaban J connectivity index is 2.50. The van der Waals surface area contributed by atoms with Gasteiger partial charge in [0.2, 0.25) is 0 Å². The van der Waals surface area contributed by atoms with Crippen LogP contribution in [0.1, 0.15) is 41.0 Å². The van der Waals surface area contributed by atoms with Crippen molar-refractivity contribution in [3.8, 4) is 0 Å². The SMILES string of the molecule is CCOP(=O)(OCC)C1(C)CC(C)(C)Nc2ccccc2N1. The lowest BCUT2D eigenvalue weighted by molar-refractivity contribution is 0.196. The Morgan fingerprint density at radius 1 is 1.05 bits per heavy atom. The molecule has 2 N–H and O–H groups in total. The van der Waals surface area contributed by atoms with Gasteiger partial charge >= 0.3 is 7.60 Å². The zero-order chi connectivity index (χ0) is 16.4. The van der Waals surface area contributed by atoms with Crippen LogP contribution in [0, 0.1) is 0 Å².